The molecule has 7 nitrogen and oxygen atoms in total. The fourth-order valence-electron chi connectivity index (χ4n) is 1.93. The van der Waals surface area contributed by atoms with Crippen molar-refractivity contribution in [2.45, 2.75) is 29.6 Å². The molecule has 0 fully saturated rings. The number of carboxylic acid groups (broad SMARTS) is 1. The molecule has 25 heavy (non-hydrogen) atoms. The Morgan fingerprint density at radius 2 is 1.96 bits per heavy atom. The number of Topliss-reactive ketones (excluding diaryl/α,β-unsaturated/α-hetero) is 1. The van der Waals surface area contributed by atoms with Crippen LogP contribution in [0.2, 0.25) is 0 Å². The zero-order valence-corrected chi connectivity index (χ0v) is 15.5. The van der Waals surface area contributed by atoms with Crippen molar-refractivity contribution in [2.75, 3.05) is 12.3 Å². The van der Waals surface area contributed by atoms with Gasteiger partial charge in [-0.2, -0.15) is 0 Å². The van der Waals surface area contributed by atoms with Gasteiger partial charge in [-0.25, -0.2) is 9.59 Å². The zero-order chi connectivity index (χ0) is 19.2. The number of benzene rings is 1. The molecular formula is C15H17Cl3N2O5. The Hall–Kier alpha value is -1.70. The summed E-state index contributed by atoms with van der Waals surface area (Å²) in [5, 5.41) is 11.2. The number of hydrogen-bond donors (Lipinski definition) is 3. The first-order valence-corrected chi connectivity index (χ1v) is 8.25. The summed E-state index contributed by atoms with van der Waals surface area (Å²) in [4.78, 5) is 34.9. The summed E-state index contributed by atoms with van der Waals surface area (Å²) in [6.07, 6.45) is -1.35. The zero-order valence-electron chi connectivity index (χ0n) is 13.2. The highest BCUT2D eigenvalue weighted by Gasteiger charge is 2.26. The molecule has 1 atom stereocenters. The molecule has 0 radical (unpaired) electrons. The molecule has 0 heterocycles. The van der Waals surface area contributed by atoms with Crippen LogP contribution in [0.1, 0.15) is 28.8 Å². The monoisotopic (exact) mass is 410 g/mol. The standard InChI is InChI=1S/C15H17Cl3N2O5/c1-8-2-3-9(10(19)6-8)12(21)5-4-11(13(22)23)20-14(24)25-7-15(16,17)18/h2-3,6,11H,4-5,7,19H2,1H3,(H,20,24)(H,22,23). The number of alkyl carbamates (subject to hydrolysis) is 1. The number of rotatable bonds is 7. The molecule has 0 aliphatic carbocycles. The van der Waals surface area contributed by atoms with Gasteiger partial charge in [-0.15, -0.1) is 0 Å². The minimum atomic E-state index is -1.81. The second kappa shape index (κ2) is 9.12. The average molecular weight is 412 g/mol. The third-order valence-corrected chi connectivity index (χ3v) is 3.45. The summed E-state index contributed by atoms with van der Waals surface area (Å²) >= 11 is 16.3. The molecule has 0 aliphatic rings. The lowest BCUT2D eigenvalue weighted by Crippen LogP contribution is -2.42. The van der Waals surface area contributed by atoms with E-state index in [9.17, 15) is 14.4 Å². The van der Waals surface area contributed by atoms with E-state index < -0.39 is 28.5 Å². The van der Waals surface area contributed by atoms with Crippen LogP contribution >= 0.6 is 34.8 Å². The number of alkyl halides is 3. The summed E-state index contributed by atoms with van der Waals surface area (Å²) in [7, 11) is 0. The van der Waals surface area contributed by atoms with E-state index >= 15 is 0 Å². The maximum absolute atomic E-state index is 12.2. The molecule has 1 rings (SSSR count). The Morgan fingerprint density at radius 1 is 1.32 bits per heavy atom. The van der Waals surface area contributed by atoms with Crippen LogP contribution in [-0.4, -0.2) is 39.4 Å². The number of aliphatic carboxylic acids is 1. The minimum absolute atomic E-state index is 0.130. The maximum Gasteiger partial charge on any atom is 0.407 e. The number of carbonyl (C=O) groups excluding carboxylic acids is 2. The Kier molecular flexibility index (Phi) is 7.79. The van der Waals surface area contributed by atoms with Crippen molar-refractivity contribution in [1.82, 2.24) is 5.32 Å². The van der Waals surface area contributed by atoms with Gasteiger partial charge < -0.3 is 20.9 Å². The first-order valence-electron chi connectivity index (χ1n) is 7.12. The van der Waals surface area contributed by atoms with Gasteiger partial charge in [0.1, 0.15) is 12.6 Å². The summed E-state index contributed by atoms with van der Waals surface area (Å²) < 4.78 is 2.79. The van der Waals surface area contributed by atoms with Crippen LogP contribution in [0.3, 0.4) is 0 Å². The average Bonchev–Trinajstić information content (AvgIpc) is 2.48. The smallest absolute Gasteiger partial charge is 0.407 e. The van der Waals surface area contributed by atoms with Gasteiger partial charge in [0.15, 0.2) is 5.78 Å². The van der Waals surface area contributed by atoms with E-state index in [0.717, 1.165) is 5.56 Å². The first kappa shape index (κ1) is 21.3. The topological polar surface area (TPSA) is 119 Å². The lowest BCUT2D eigenvalue weighted by Gasteiger charge is -2.16. The van der Waals surface area contributed by atoms with Crippen LogP contribution in [0.5, 0.6) is 0 Å². The van der Waals surface area contributed by atoms with Gasteiger partial charge in [0, 0.05) is 17.7 Å². The number of carbonyl (C=O) groups is 3. The molecule has 0 saturated carbocycles. The molecule has 0 spiro atoms. The predicted molar refractivity (Wildman–Crippen MR) is 95.4 cm³/mol. The van der Waals surface area contributed by atoms with Crippen molar-refractivity contribution in [2.24, 2.45) is 0 Å². The Labute approximate surface area is 159 Å². The number of nitrogens with two attached hydrogens (primary N) is 1. The van der Waals surface area contributed by atoms with Gasteiger partial charge in [-0.1, -0.05) is 40.9 Å². The van der Waals surface area contributed by atoms with Gasteiger partial charge >= 0.3 is 12.1 Å². The molecule has 0 bridgehead atoms. The summed E-state index contributed by atoms with van der Waals surface area (Å²) in [5.41, 5.74) is 7.30. The molecule has 1 aromatic carbocycles. The van der Waals surface area contributed by atoms with Crippen molar-refractivity contribution in [3.8, 4) is 0 Å². The molecule has 0 aromatic heterocycles. The van der Waals surface area contributed by atoms with Gasteiger partial charge in [-0.05, 0) is 31.0 Å². The number of ether oxygens (including phenoxy) is 1. The number of aryl methyl sites for hydroxylation is 1. The quantitative estimate of drug-likeness (QED) is 0.360. The van der Waals surface area contributed by atoms with Crippen LogP contribution in [0.15, 0.2) is 18.2 Å². The van der Waals surface area contributed by atoms with Crippen molar-refractivity contribution in [1.29, 1.82) is 0 Å². The van der Waals surface area contributed by atoms with E-state index in [2.05, 4.69) is 10.1 Å². The highest BCUT2D eigenvalue weighted by Crippen LogP contribution is 2.25. The number of anilines is 1. The van der Waals surface area contributed by atoms with Gasteiger partial charge in [0.05, 0.1) is 0 Å². The lowest BCUT2D eigenvalue weighted by atomic mass is 10.0. The maximum atomic E-state index is 12.2. The lowest BCUT2D eigenvalue weighted by molar-refractivity contribution is -0.139. The minimum Gasteiger partial charge on any atom is -0.480 e. The van der Waals surface area contributed by atoms with Gasteiger partial charge in [0.2, 0.25) is 3.79 Å². The predicted octanol–water partition coefficient (Wildman–Crippen LogP) is 3.09. The number of nitrogens with one attached hydrogen (secondary N) is 1. The largest absolute Gasteiger partial charge is 0.480 e. The van der Waals surface area contributed by atoms with Crippen molar-refractivity contribution < 1.29 is 24.2 Å². The second-order valence-electron chi connectivity index (χ2n) is 5.28. The van der Waals surface area contributed by atoms with E-state index in [1.54, 1.807) is 18.2 Å². The van der Waals surface area contributed by atoms with Gasteiger partial charge in [-0.3, -0.25) is 4.79 Å². The first-order chi connectivity index (χ1) is 11.5. The summed E-state index contributed by atoms with van der Waals surface area (Å²) in [6, 6.07) is 3.61. The number of halogens is 3. The van der Waals surface area contributed by atoms with E-state index in [4.69, 9.17) is 45.6 Å². The number of amides is 1. The Morgan fingerprint density at radius 3 is 2.48 bits per heavy atom. The molecule has 1 amide bonds. The van der Waals surface area contributed by atoms with Crippen molar-refractivity contribution in [3.63, 3.8) is 0 Å². The van der Waals surface area contributed by atoms with Crippen molar-refractivity contribution >= 4 is 58.3 Å². The number of carboxylic acids is 1. The van der Waals surface area contributed by atoms with Crippen LogP contribution in [0.4, 0.5) is 10.5 Å². The number of hydrogen-bond acceptors (Lipinski definition) is 5. The Bertz CT molecular complexity index is 661. The fourth-order valence-corrected chi connectivity index (χ4v) is 2.10. The second-order valence-corrected chi connectivity index (χ2v) is 7.80. The highest BCUT2D eigenvalue weighted by atomic mass is 35.6. The molecule has 0 aliphatic heterocycles. The normalized spacial score (nSPS) is 12.3. The number of ketones is 1. The SMILES string of the molecule is Cc1ccc(C(=O)CCC(NC(=O)OCC(Cl)(Cl)Cl)C(=O)O)c(N)c1. The van der Waals surface area contributed by atoms with E-state index in [1.807, 2.05) is 6.92 Å². The van der Waals surface area contributed by atoms with E-state index in [0.29, 0.717) is 11.3 Å². The number of nitrogen functional groups attached to an aromatic ring is 1. The molecule has 1 unspecified atom stereocenters. The van der Waals surface area contributed by atoms with E-state index in [1.165, 1.54) is 0 Å². The summed E-state index contributed by atoms with van der Waals surface area (Å²) in [6.45, 7) is 1.28. The molecule has 4 N–H and O–H groups in total. The van der Waals surface area contributed by atoms with Crippen LogP contribution < -0.4 is 11.1 Å². The molecule has 138 valence electrons. The Balaban J connectivity index is 2.62. The third-order valence-electron chi connectivity index (χ3n) is 3.12. The van der Waals surface area contributed by atoms with Crippen LogP contribution in [0.25, 0.3) is 0 Å². The van der Waals surface area contributed by atoms with Gasteiger partial charge in [0.25, 0.3) is 0 Å². The van der Waals surface area contributed by atoms with Crippen molar-refractivity contribution in [3.05, 3.63) is 29.3 Å². The van der Waals surface area contributed by atoms with E-state index in [-0.39, 0.29) is 18.6 Å². The third kappa shape index (κ3) is 7.81. The fraction of sp³-hybridized carbons (Fsp3) is 0.400. The molecular weight excluding hydrogens is 395 g/mol. The van der Waals surface area contributed by atoms with Crippen LogP contribution in [0, 0.1) is 6.92 Å². The molecule has 0 saturated heterocycles. The molecule has 1 aromatic rings. The van der Waals surface area contributed by atoms with Crippen LogP contribution in [-0.2, 0) is 9.53 Å². The summed E-state index contributed by atoms with van der Waals surface area (Å²) in [5.74, 6) is -1.66. The molecule has 10 heteroatoms. The highest BCUT2D eigenvalue weighted by molar-refractivity contribution is 6.67.